The number of hydrogen-bond donors (Lipinski definition) is 1. The highest BCUT2D eigenvalue weighted by Gasteiger charge is 2.65. The lowest BCUT2D eigenvalue weighted by Crippen LogP contribution is -2.56. The summed E-state index contributed by atoms with van der Waals surface area (Å²) in [6, 6.07) is 4.80. The summed E-state index contributed by atoms with van der Waals surface area (Å²) >= 11 is 12.0. The van der Waals surface area contributed by atoms with Gasteiger partial charge < -0.3 is 14.7 Å². The van der Waals surface area contributed by atoms with E-state index in [1.165, 1.54) is 7.11 Å². The maximum Gasteiger partial charge on any atom is 0.413 e. The van der Waals surface area contributed by atoms with Gasteiger partial charge in [0, 0.05) is 22.2 Å². The molecule has 0 aliphatic carbocycles. The van der Waals surface area contributed by atoms with Crippen molar-refractivity contribution in [2.45, 2.75) is 12.1 Å². The third-order valence-electron chi connectivity index (χ3n) is 3.99. The smallest absolute Gasteiger partial charge is 0.413 e. The van der Waals surface area contributed by atoms with Gasteiger partial charge in [-0.15, -0.1) is 0 Å². The number of hydrogen-bond acceptors (Lipinski definition) is 5. The Balaban J connectivity index is 2.03. The van der Waals surface area contributed by atoms with Gasteiger partial charge in [-0.2, -0.15) is 0 Å². The van der Waals surface area contributed by atoms with Crippen molar-refractivity contribution in [3.8, 4) is 0 Å². The van der Waals surface area contributed by atoms with Crippen LogP contribution in [-0.4, -0.2) is 47.2 Å². The van der Waals surface area contributed by atoms with E-state index >= 15 is 0 Å². The van der Waals surface area contributed by atoms with Crippen molar-refractivity contribution in [2.24, 2.45) is 11.1 Å². The fraction of sp³-hybridized carbons (Fsp3) is 0.357. The molecule has 1 saturated heterocycles. The number of halogens is 2. The van der Waals surface area contributed by atoms with Crippen LogP contribution in [0.15, 0.2) is 23.4 Å². The highest BCUT2D eigenvalue weighted by atomic mass is 35.5. The molecule has 1 fully saturated rings. The van der Waals surface area contributed by atoms with Crippen LogP contribution in [0.3, 0.4) is 0 Å². The Bertz CT molecular complexity index is 703. The average Bonchev–Trinajstić information content (AvgIpc) is 3.03. The number of ether oxygens (including phenoxy) is 1. The molecule has 1 N–H and O–H groups in total. The van der Waals surface area contributed by atoms with Crippen molar-refractivity contribution in [3.63, 3.8) is 0 Å². The maximum atomic E-state index is 11.9. The van der Waals surface area contributed by atoms with E-state index in [9.17, 15) is 14.7 Å². The number of oxime groups is 1. The molecule has 2 aliphatic heterocycles. The Morgan fingerprint density at radius 2 is 2.04 bits per heavy atom. The van der Waals surface area contributed by atoms with E-state index in [-0.39, 0.29) is 6.54 Å². The molecule has 2 heterocycles. The van der Waals surface area contributed by atoms with E-state index in [0.29, 0.717) is 27.7 Å². The highest BCUT2D eigenvalue weighted by molar-refractivity contribution is 6.35. The molecule has 2 aliphatic rings. The molecule has 7 nitrogen and oxygen atoms in total. The summed E-state index contributed by atoms with van der Waals surface area (Å²) in [5.74, 6) is -1.95. The first-order valence-electron chi connectivity index (χ1n) is 6.71. The lowest BCUT2D eigenvalue weighted by atomic mass is 9.88. The zero-order valence-corrected chi connectivity index (χ0v) is 13.5. The monoisotopic (exact) mass is 358 g/mol. The van der Waals surface area contributed by atoms with Crippen LogP contribution in [0.25, 0.3) is 0 Å². The second-order valence-electron chi connectivity index (χ2n) is 5.19. The van der Waals surface area contributed by atoms with Gasteiger partial charge >= 0.3 is 17.8 Å². The third-order valence-corrected chi connectivity index (χ3v) is 4.42. The zero-order chi connectivity index (χ0) is 16.8. The van der Waals surface area contributed by atoms with E-state index in [1.54, 1.807) is 18.2 Å². The van der Waals surface area contributed by atoms with Crippen LogP contribution in [0.1, 0.15) is 12.0 Å². The second-order valence-corrected chi connectivity index (χ2v) is 6.06. The minimum Gasteiger partial charge on any atom is -0.477 e. The van der Waals surface area contributed by atoms with Crippen LogP contribution >= 0.6 is 23.2 Å². The number of benzene rings is 1. The standard InChI is InChI=1S/C14H12Cl2N2O5/c1-22-13(21)18-3-2-10-11(17-23-14(10,18)12(19)20)7-4-8(15)6-9(16)5-7/h4-6,10H,2-3H2,1H3,(H,19,20). The van der Waals surface area contributed by atoms with Crippen molar-refractivity contribution in [3.05, 3.63) is 33.8 Å². The number of carboxylic acids is 1. The Morgan fingerprint density at radius 3 is 2.61 bits per heavy atom. The van der Waals surface area contributed by atoms with Gasteiger partial charge in [0.05, 0.1) is 18.7 Å². The maximum absolute atomic E-state index is 11.9. The molecule has 0 saturated carbocycles. The first-order valence-corrected chi connectivity index (χ1v) is 7.47. The van der Waals surface area contributed by atoms with Gasteiger partial charge in [0.2, 0.25) is 0 Å². The van der Waals surface area contributed by atoms with Gasteiger partial charge in [0.25, 0.3) is 0 Å². The largest absolute Gasteiger partial charge is 0.477 e. The number of nitrogens with zero attached hydrogens (tertiary/aromatic N) is 2. The third kappa shape index (κ3) is 2.31. The molecule has 23 heavy (non-hydrogen) atoms. The fourth-order valence-corrected chi connectivity index (χ4v) is 3.55. The minimum absolute atomic E-state index is 0.178. The Kier molecular flexibility index (Phi) is 3.85. The number of carbonyl (C=O) groups excluding carboxylic acids is 1. The van der Waals surface area contributed by atoms with Gasteiger partial charge in [0.15, 0.2) is 0 Å². The Morgan fingerprint density at radius 1 is 1.39 bits per heavy atom. The van der Waals surface area contributed by atoms with Crippen molar-refractivity contribution in [1.82, 2.24) is 4.90 Å². The molecule has 1 aromatic carbocycles. The van der Waals surface area contributed by atoms with Crippen LogP contribution in [0, 0.1) is 5.92 Å². The SMILES string of the molecule is COC(=O)N1CCC2C(c3cc(Cl)cc(Cl)c3)=NOC21C(=O)O. The van der Waals surface area contributed by atoms with Crippen LogP contribution in [0.2, 0.25) is 10.0 Å². The molecule has 2 unspecified atom stereocenters. The Hall–Kier alpha value is -1.99. The first-order chi connectivity index (χ1) is 10.9. The molecule has 9 heteroatoms. The number of carboxylic acid groups (broad SMARTS) is 1. The lowest BCUT2D eigenvalue weighted by molar-refractivity contribution is -0.185. The van der Waals surface area contributed by atoms with Gasteiger partial charge in [-0.3, -0.25) is 4.90 Å². The fourth-order valence-electron chi connectivity index (χ4n) is 3.02. The number of likely N-dealkylation sites (tertiary alicyclic amines) is 1. The molecule has 122 valence electrons. The van der Waals surface area contributed by atoms with Crippen molar-refractivity contribution >= 4 is 41.0 Å². The van der Waals surface area contributed by atoms with Gasteiger partial charge in [-0.05, 0) is 24.6 Å². The number of methoxy groups -OCH3 is 1. The molecule has 0 radical (unpaired) electrons. The van der Waals surface area contributed by atoms with E-state index in [2.05, 4.69) is 9.89 Å². The predicted octanol–water partition coefficient (Wildman–Crippen LogP) is 2.60. The molecular weight excluding hydrogens is 347 g/mol. The number of amides is 1. The van der Waals surface area contributed by atoms with E-state index in [4.69, 9.17) is 28.0 Å². The average molecular weight is 359 g/mol. The van der Waals surface area contributed by atoms with Gasteiger partial charge in [-0.25, -0.2) is 9.59 Å². The summed E-state index contributed by atoms with van der Waals surface area (Å²) in [7, 11) is 1.18. The van der Waals surface area contributed by atoms with Crippen LogP contribution in [0.4, 0.5) is 4.79 Å². The number of aliphatic carboxylic acids is 1. The zero-order valence-electron chi connectivity index (χ0n) is 12.0. The number of fused-ring (bicyclic) bond motifs is 1. The summed E-state index contributed by atoms with van der Waals surface area (Å²) in [5, 5.41) is 14.4. The molecule has 2 atom stereocenters. The van der Waals surface area contributed by atoms with Crippen molar-refractivity contribution in [2.75, 3.05) is 13.7 Å². The van der Waals surface area contributed by atoms with Crippen LogP contribution in [-0.2, 0) is 14.4 Å². The minimum atomic E-state index is -1.91. The Labute approximate surface area is 141 Å². The van der Waals surface area contributed by atoms with Gasteiger partial charge in [-0.1, -0.05) is 28.4 Å². The van der Waals surface area contributed by atoms with E-state index in [0.717, 1.165) is 4.90 Å². The quantitative estimate of drug-likeness (QED) is 0.877. The van der Waals surface area contributed by atoms with Crippen LogP contribution in [0.5, 0.6) is 0 Å². The number of carbonyl (C=O) groups is 2. The second kappa shape index (κ2) is 5.58. The normalized spacial score (nSPS) is 25.6. The molecule has 0 bridgehead atoms. The first kappa shape index (κ1) is 15.9. The molecule has 1 amide bonds. The summed E-state index contributed by atoms with van der Waals surface area (Å²) in [5.41, 5.74) is -0.956. The van der Waals surface area contributed by atoms with Crippen molar-refractivity contribution < 1.29 is 24.3 Å². The summed E-state index contributed by atoms with van der Waals surface area (Å²) < 4.78 is 4.65. The molecule has 1 aromatic rings. The highest BCUT2D eigenvalue weighted by Crippen LogP contribution is 2.44. The molecule has 3 rings (SSSR count). The predicted molar refractivity (Wildman–Crippen MR) is 81.7 cm³/mol. The molecular formula is C14H12Cl2N2O5. The van der Waals surface area contributed by atoms with E-state index in [1.807, 2.05) is 0 Å². The van der Waals surface area contributed by atoms with Gasteiger partial charge in [0.1, 0.15) is 0 Å². The number of rotatable bonds is 2. The molecule has 0 spiro atoms. The summed E-state index contributed by atoms with van der Waals surface area (Å²) in [6.45, 7) is 0.178. The lowest BCUT2D eigenvalue weighted by Gasteiger charge is -2.30. The summed E-state index contributed by atoms with van der Waals surface area (Å²) in [6.07, 6.45) is -0.417. The van der Waals surface area contributed by atoms with E-state index < -0.39 is 23.7 Å². The summed E-state index contributed by atoms with van der Waals surface area (Å²) in [4.78, 5) is 30.0. The topological polar surface area (TPSA) is 88.4 Å². The van der Waals surface area contributed by atoms with Crippen LogP contribution < -0.4 is 0 Å². The molecule has 0 aromatic heterocycles. The van der Waals surface area contributed by atoms with Crippen molar-refractivity contribution in [1.29, 1.82) is 0 Å².